The van der Waals surface area contributed by atoms with Crippen molar-refractivity contribution in [2.45, 2.75) is 73.1 Å². The van der Waals surface area contributed by atoms with E-state index in [0.29, 0.717) is 0 Å². The van der Waals surface area contributed by atoms with Crippen molar-refractivity contribution in [3.63, 3.8) is 0 Å². The van der Waals surface area contributed by atoms with E-state index in [1.54, 1.807) is 0 Å². The van der Waals surface area contributed by atoms with Gasteiger partial charge in [0, 0.05) is 0 Å². The molecule has 2 heteroatoms. The molecule has 0 saturated carbocycles. The van der Waals surface area contributed by atoms with E-state index >= 15 is 0 Å². The summed E-state index contributed by atoms with van der Waals surface area (Å²) in [5, 5.41) is 11.7. The molecule has 0 heterocycles. The second-order valence-corrected chi connectivity index (χ2v) is 5.83. The molecule has 0 atom stereocenters. The van der Waals surface area contributed by atoms with Crippen LogP contribution in [0.4, 0.5) is 0 Å². The summed E-state index contributed by atoms with van der Waals surface area (Å²) in [5.41, 5.74) is 5.10. The average molecular weight is 277 g/mol. The van der Waals surface area contributed by atoms with Crippen LogP contribution in [0, 0.1) is 0 Å². The Bertz CT molecular complexity index is 382. The smallest absolute Gasteiger partial charge is 0.0543 e. The predicted octanol–water partition coefficient (Wildman–Crippen LogP) is 6.04. The molecule has 20 heavy (non-hydrogen) atoms. The molecular formula is C18H31NO. The third-order valence-electron chi connectivity index (χ3n) is 3.29. The number of oxime groups is 1. The zero-order valence-electron chi connectivity index (χ0n) is 13.9. The van der Waals surface area contributed by atoms with Gasteiger partial charge in [0.1, 0.15) is 0 Å². The summed E-state index contributed by atoms with van der Waals surface area (Å²) in [6, 6.07) is 0. The van der Waals surface area contributed by atoms with E-state index in [9.17, 15) is 0 Å². The maximum Gasteiger partial charge on any atom is 0.0543 e. The quantitative estimate of drug-likeness (QED) is 0.237. The molecule has 0 saturated heterocycles. The van der Waals surface area contributed by atoms with Gasteiger partial charge in [0.05, 0.1) is 5.71 Å². The highest BCUT2D eigenvalue weighted by Gasteiger charge is 1.93. The molecule has 0 unspecified atom stereocenters. The van der Waals surface area contributed by atoms with E-state index in [0.717, 1.165) is 37.8 Å². The average Bonchev–Trinajstić information content (AvgIpc) is 2.38. The molecule has 0 fully saturated rings. The molecule has 0 amide bonds. The Morgan fingerprint density at radius 3 is 1.65 bits per heavy atom. The number of hydrogen-bond donors (Lipinski definition) is 1. The zero-order valence-corrected chi connectivity index (χ0v) is 13.9. The summed E-state index contributed by atoms with van der Waals surface area (Å²) in [7, 11) is 0. The Morgan fingerprint density at radius 1 is 0.750 bits per heavy atom. The van der Waals surface area contributed by atoms with Crippen LogP contribution >= 0.6 is 0 Å². The lowest BCUT2D eigenvalue weighted by atomic mass is 10.1. The standard InChI is InChI=1S/C18H31NO/c1-15(2)9-6-10-16(3)11-7-12-17(4)13-8-14-18(5)19-20/h9,11,13,20H,6-8,10,12,14H2,1-5H3/b16-11+,17-13+,19-18-. The van der Waals surface area contributed by atoms with Crippen molar-refractivity contribution in [1.82, 2.24) is 0 Å². The van der Waals surface area contributed by atoms with Crippen molar-refractivity contribution < 1.29 is 5.21 Å². The molecule has 2 nitrogen and oxygen atoms in total. The number of hydrogen-bond acceptors (Lipinski definition) is 2. The largest absolute Gasteiger partial charge is 0.411 e. The van der Waals surface area contributed by atoms with E-state index in [4.69, 9.17) is 5.21 Å². The first-order chi connectivity index (χ1) is 9.45. The Labute approximate surface area is 125 Å². The summed E-state index contributed by atoms with van der Waals surface area (Å²) >= 11 is 0. The van der Waals surface area contributed by atoms with Crippen LogP contribution in [0.3, 0.4) is 0 Å². The van der Waals surface area contributed by atoms with Crippen LogP contribution in [0.25, 0.3) is 0 Å². The van der Waals surface area contributed by atoms with Gasteiger partial charge in [0.25, 0.3) is 0 Å². The van der Waals surface area contributed by atoms with Gasteiger partial charge in [-0.3, -0.25) is 0 Å². The second kappa shape index (κ2) is 11.5. The van der Waals surface area contributed by atoms with Crippen LogP contribution in [0.1, 0.15) is 73.1 Å². The van der Waals surface area contributed by atoms with Crippen molar-refractivity contribution in [2.24, 2.45) is 5.16 Å². The van der Waals surface area contributed by atoms with Gasteiger partial charge < -0.3 is 5.21 Å². The van der Waals surface area contributed by atoms with Crippen LogP contribution in [0.5, 0.6) is 0 Å². The first-order valence-corrected chi connectivity index (χ1v) is 7.58. The molecule has 1 N–H and O–H groups in total. The van der Waals surface area contributed by atoms with E-state index in [2.05, 4.69) is 51.1 Å². The fraction of sp³-hybridized carbons (Fsp3) is 0.611. The van der Waals surface area contributed by atoms with Crippen LogP contribution in [0.2, 0.25) is 0 Å². The predicted molar refractivity (Wildman–Crippen MR) is 89.5 cm³/mol. The third-order valence-corrected chi connectivity index (χ3v) is 3.29. The molecule has 114 valence electrons. The maximum atomic E-state index is 8.56. The molecule has 0 aromatic rings. The normalized spacial score (nSPS) is 13.6. The van der Waals surface area contributed by atoms with Gasteiger partial charge in [-0.25, -0.2) is 0 Å². The van der Waals surface area contributed by atoms with Crippen molar-refractivity contribution in [3.05, 3.63) is 34.9 Å². The van der Waals surface area contributed by atoms with Gasteiger partial charge in [0.15, 0.2) is 0 Å². The Morgan fingerprint density at radius 2 is 1.20 bits per heavy atom. The Hall–Kier alpha value is -1.31. The molecule has 0 bridgehead atoms. The highest BCUT2D eigenvalue weighted by atomic mass is 16.4. The van der Waals surface area contributed by atoms with Gasteiger partial charge in [0.2, 0.25) is 0 Å². The molecular weight excluding hydrogens is 246 g/mol. The van der Waals surface area contributed by atoms with Crippen LogP contribution in [-0.4, -0.2) is 10.9 Å². The fourth-order valence-corrected chi connectivity index (χ4v) is 1.92. The van der Waals surface area contributed by atoms with Crippen molar-refractivity contribution >= 4 is 5.71 Å². The number of allylic oxidation sites excluding steroid dienone is 6. The number of rotatable bonds is 9. The fourth-order valence-electron chi connectivity index (χ4n) is 1.92. The van der Waals surface area contributed by atoms with Crippen LogP contribution < -0.4 is 0 Å². The van der Waals surface area contributed by atoms with E-state index in [1.165, 1.54) is 23.1 Å². The molecule has 0 radical (unpaired) electrons. The minimum Gasteiger partial charge on any atom is -0.411 e. The molecule has 0 aliphatic heterocycles. The van der Waals surface area contributed by atoms with Gasteiger partial charge in [-0.15, -0.1) is 0 Å². The highest BCUT2D eigenvalue weighted by Crippen LogP contribution is 2.12. The summed E-state index contributed by atoms with van der Waals surface area (Å²) in [5.74, 6) is 0. The second-order valence-electron chi connectivity index (χ2n) is 5.83. The summed E-state index contributed by atoms with van der Waals surface area (Å²) in [6.07, 6.45) is 13.3. The van der Waals surface area contributed by atoms with Gasteiger partial charge >= 0.3 is 0 Å². The Kier molecular flexibility index (Phi) is 10.8. The zero-order chi connectivity index (χ0) is 15.4. The van der Waals surface area contributed by atoms with Gasteiger partial charge in [-0.1, -0.05) is 40.1 Å². The van der Waals surface area contributed by atoms with Gasteiger partial charge in [-0.2, -0.15) is 0 Å². The van der Waals surface area contributed by atoms with Crippen LogP contribution in [0.15, 0.2) is 40.1 Å². The first kappa shape index (κ1) is 18.7. The highest BCUT2D eigenvalue weighted by molar-refractivity contribution is 5.81. The minimum absolute atomic E-state index is 0.795. The molecule has 0 spiro atoms. The molecule has 0 aromatic heterocycles. The summed E-state index contributed by atoms with van der Waals surface area (Å²) in [4.78, 5) is 0. The van der Waals surface area contributed by atoms with Gasteiger partial charge in [-0.05, 0) is 73.1 Å². The molecule has 0 rings (SSSR count). The lowest BCUT2D eigenvalue weighted by Gasteiger charge is -2.01. The van der Waals surface area contributed by atoms with E-state index in [-0.39, 0.29) is 0 Å². The topological polar surface area (TPSA) is 32.6 Å². The van der Waals surface area contributed by atoms with E-state index < -0.39 is 0 Å². The molecule has 0 aromatic carbocycles. The van der Waals surface area contributed by atoms with E-state index in [1.807, 2.05) is 6.92 Å². The summed E-state index contributed by atoms with van der Waals surface area (Å²) < 4.78 is 0. The minimum atomic E-state index is 0.795. The summed E-state index contributed by atoms with van der Waals surface area (Å²) in [6.45, 7) is 10.5. The first-order valence-electron chi connectivity index (χ1n) is 7.58. The van der Waals surface area contributed by atoms with Crippen molar-refractivity contribution in [2.75, 3.05) is 0 Å². The lowest BCUT2D eigenvalue weighted by Crippen LogP contribution is -1.89. The lowest BCUT2D eigenvalue weighted by molar-refractivity contribution is 0.317. The molecule has 0 aliphatic rings. The Balaban J connectivity index is 3.91. The maximum absolute atomic E-state index is 8.56. The van der Waals surface area contributed by atoms with Crippen molar-refractivity contribution in [1.29, 1.82) is 0 Å². The van der Waals surface area contributed by atoms with Crippen LogP contribution in [-0.2, 0) is 0 Å². The number of nitrogens with zero attached hydrogens (tertiary/aromatic N) is 1. The molecule has 0 aliphatic carbocycles. The monoisotopic (exact) mass is 277 g/mol. The van der Waals surface area contributed by atoms with Crippen molar-refractivity contribution in [3.8, 4) is 0 Å². The third kappa shape index (κ3) is 11.8. The SMILES string of the molecule is CC(C)=CCC/C(C)=C/CC/C(C)=C/CC/C(C)=N\O.